The Labute approximate surface area is 120 Å². The summed E-state index contributed by atoms with van der Waals surface area (Å²) in [7, 11) is 0. The van der Waals surface area contributed by atoms with Crippen molar-refractivity contribution in [2.24, 2.45) is 0 Å². The van der Waals surface area contributed by atoms with Gasteiger partial charge >= 0.3 is 0 Å². The standard InChI is InChI=1S/C14H16BrNOS/c1-3-17-13-6-4-5-12(8-13)16-10(2)14-7-11(15)9-18-14/h4-10,16H,3H2,1-2H3. The first-order valence-electron chi connectivity index (χ1n) is 5.92. The molecule has 1 aromatic heterocycles. The zero-order chi connectivity index (χ0) is 13.0. The van der Waals surface area contributed by atoms with Crippen LogP contribution in [0.2, 0.25) is 0 Å². The first kappa shape index (κ1) is 13.4. The van der Waals surface area contributed by atoms with Crippen molar-refractivity contribution in [3.63, 3.8) is 0 Å². The first-order valence-corrected chi connectivity index (χ1v) is 7.59. The van der Waals surface area contributed by atoms with E-state index in [1.165, 1.54) is 4.88 Å². The Morgan fingerprint density at radius 1 is 1.39 bits per heavy atom. The van der Waals surface area contributed by atoms with Gasteiger partial charge in [-0.15, -0.1) is 11.3 Å². The van der Waals surface area contributed by atoms with E-state index < -0.39 is 0 Å². The predicted octanol–water partition coefficient (Wildman–Crippen LogP) is 5.08. The van der Waals surface area contributed by atoms with Gasteiger partial charge in [0.25, 0.3) is 0 Å². The Morgan fingerprint density at radius 3 is 2.89 bits per heavy atom. The highest BCUT2D eigenvalue weighted by Gasteiger charge is 2.08. The fourth-order valence-electron chi connectivity index (χ4n) is 1.72. The second-order valence-electron chi connectivity index (χ2n) is 3.99. The molecule has 1 heterocycles. The SMILES string of the molecule is CCOc1cccc(NC(C)c2cc(Br)cs2)c1. The van der Waals surface area contributed by atoms with Gasteiger partial charge in [-0.2, -0.15) is 0 Å². The summed E-state index contributed by atoms with van der Waals surface area (Å²) in [5, 5.41) is 5.58. The van der Waals surface area contributed by atoms with Gasteiger partial charge in [-0.05, 0) is 48.0 Å². The van der Waals surface area contributed by atoms with Crippen LogP contribution in [0.3, 0.4) is 0 Å². The highest BCUT2D eigenvalue weighted by atomic mass is 79.9. The Balaban J connectivity index is 2.06. The van der Waals surface area contributed by atoms with E-state index >= 15 is 0 Å². The number of ether oxygens (including phenoxy) is 1. The van der Waals surface area contributed by atoms with E-state index in [0.29, 0.717) is 6.61 Å². The van der Waals surface area contributed by atoms with E-state index in [1.54, 1.807) is 11.3 Å². The second kappa shape index (κ2) is 6.25. The lowest BCUT2D eigenvalue weighted by Gasteiger charge is -2.14. The molecule has 2 rings (SSSR count). The summed E-state index contributed by atoms with van der Waals surface area (Å²) in [5.41, 5.74) is 1.08. The number of thiophene rings is 1. The molecular weight excluding hydrogens is 310 g/mol. The Morgan fingerprint density at radius 2 is 2.22 bits per heavy atom. The van der Waals surface area contributed by atoms with Gasteiger partial charge in [0, 0.05) is 26.5 Å². The van der Waals surface area contributed by atoms with Gasteiger partial charge in [-0.1, -0.05) is 6.07 Å². The van der Waals surface area contributed by atoms with E-state index in [1.807, 2.05) is 25.1 Å². The third-order valence-electron chi connectivity index (χ3n) is 2.54. The lowest BCUT2D eigenvalue weighted by molar-refractivity contribution is 0.340. The third-order valence-corrected chi connectivity index (χ3v) is 4.42. The average molecular weight is 326 g/mol. The van der Waals surface area contributed by atoms with Crippen molar-refractivity contribution in [1.29, 1.82) is 0 Å². The van der Waals surface area contributed by atoms with Crippen molar-refractivity contribution in [3.8, 4) is 5.75 Å². The molecule has 0 spiro atoms. The zero-order valence-electron chi connectivity index (χ0n) is 10.4. The van der Waals surface area contributed by atoms with Crippen molar-refractivity contribution in [2.75, 3.05) is 11.9 Å². The number of nitrogens with one attached hydrogen (secondary N) is 1. The molecule has 0 bridgehead atoms. The molecule has 0 amide bonds. The number of anilines is 1. The summed E-state index contributed by atoms with van der Waals surface area (Å²) >= 11 is 5.23. The molecule has 96 valence electrons. The summed E-state index contributed by atoms with van der Waals surface area (Å²) in [6.07, 6.45) is 0. The minimum absolute atomic E-state index is 0.290. The van der Waals surface area contributed by atoms with Crippen LogP contribution in [0.5, 0.6) is 5.75 Å². The van der Waals surface area contributed by atoms with Gasteiger partial charge in [0.2, 0.25) is 0 Å². The van der Waals surface area contributed by atoms with Gasteiger partial charge in [-0.3, -0.25) is 0 Å². The van der Waals surface area contributed by atoms with Crippen molar-refractivity contribution < 1.29 is 4.74 Å². The molecule has 2 nitrogen and oxygen atoms in total. The molecule has 4 heteroatoms. The van der Waals surface area contributed by atoms with Gasteiger partial charge < -0.3 is 10.1 Å². The third kappa shape index (κ3) is 3.50. The van der Waals surface area contributed by atoms with Crippen molar-refractivity contribution in [2.45, 2.75) is 19.9 Å². The molecule has 1 aromatic carbocycles. The Kier molecular flexibility index (Phi) is 4.66. The molecule has 0 aliphatic rings. The summed E-state index contributed by atoms with van der Waals surface area (Å²) < 4.78 is 6.63. The van der Waals surface area contributed by atoms with Crippen LogP contribution in [0.4, 0.5) is 5.69 Å². The number of hydrogen-bond acceptors (Lipinski definition) is 3. The largest absolute Gasteiger partial charge is 0.494 e. The lowest BCUT2D eigenvalue weighted by atomic mass is 10.2. The monoisotopic (exact) mass is 325 g/mol. The van der Waals surface area contributed by atoms with Gasteiger partial charge in [-0.25, -0.2) is 0 Å². The van der Waals surface area contributed by atoms with Gasteiger partial charge in [0.15, 0.2) is 0 Å². The van der Waals surface area contributed by atoms with Crippen LogP contribution in [0.1, 0.15) is 24.8 Å². The van der Waals surface area contributed by atoms with Crippen LogP contribution >= 0.6 is 27.3 Å². The summed E-state index contributed by atoms with van der Waals surface area (Å²) in [4.78, 5) is 1.31. The van der Waals surface area contributed by atoms with E-state index in [4.69, 9.17) is 4.74 Å². The van der Waals surface area contributed by atoms with Gasteiger partial charge in [0.1, 0.15) is 5.75 Å². The van der Waals surface area contributed by atoms with Crippen LogP contribution in [0.15, 0.2) is 40.2 Å². The fraction of sp³-hybridized carbons (Fsp3) is 0.286. The molecule has 0 aliphatic carbocycles. The maximum atomic E-state index is 5.49. The maximum Gasteiger partial charge on any atom is 0.121 e. The molecule has 0 saturated heterocycles. The summed E-state index contributed by atoms with van der Waals surface area (Å²) in [5.74, 6) is 0.905. The van der Waals surface area contributed by atoms with Crippen LogP contribution in [0, 0.1) is 0 Å². The summed E-state index contributed by atoms with van der Waals surface area (Å²) in [6, 6.07) is 10.5. The van der Waals surface area contributed by atoms with E-state index in [9.17, 15) is 0 Å². The molecule has 0 radical (unpaired) electrons. The highest BCUT2D eigenvalue weighted by molar-refractivity contribution is 9.10. The average Bonchev–Trinajstić information content (AvgIpc) is 2.77. The highest BCUT2D eigenvalue weighted by Crippen LogP contribution is 2.28. The smallest absolute Gasteiger partial charge is 0.121 e. The minimum Gasteiger partial charge on any atom is -0.494 e. The number of halogens is 1. The normalized spacial score (nSPS) is 12.2. The van der Waals surface area contributed by atoms with E-state index in [0.717, 1.165) is 15.9 Å². The zero-order valence-corrected chi connectivity index (χ0v) is 12.8. The first-order chi connectivity index (χ1) is 8.69. The molecular formula is C14H16BrNOS. The molecule has 0 fully saturated rings. The van der Waals surface area contributed by atoms with Crippen LogP contribution < -0.4 is 10.1 Å². The maximum absolute atomic E-state index is 5.49. The van der Waals surface area contributed by atoms with Crippen LogP contribution in [-0.2, 0) is 0 Å². The molecule has 2 aromatic rings. The lowest BCUT2D eigenvalue weighted by Crippen LogP contribution is -2.04. The molecule has 1 unspecified atom stereocenters. The van der Waals surface area contributed by atoms with E-state index in [-0.39, 0.29) is 6.04 Å². The minimum atomic E-state index is 0.290. The number of benzene rings is 1. The topological polar surface area (TPSA) is 21.3 Å². The Hall–Kier alpha value is -1.000. The molecule has 1 atom stereocenters. The van der Waals surface area contributed by atoms with Crippen LogP contribution in [-0.4, -0.2) is 6.61 Å². The molecule has 0 aliphatic heterocycles. The fourth-order valence-corrected chi connectivity index (χ4v) is 3.17. The Bertz CT molecular complexity index is 512. The second-order valence-corrected chi connectivity index (χ2v) is 5.85. The molecule has 0 saturated carbocycles. The van der Waals surface area contributed by atoms with Gasteiger partial charge in [0.05, 0.1) is 12.6 Å². The molecule has 1 N–H and O–H groups in total. The van der Waals surface area contributed by atoms with Crippen LogP contribution in [0.25, 0.3) is 0 Å². The number of hydrogen-bond donors (Lipinski definition) is 1. The quantitative estimate of drug-likeness (QED) is 0.827. The number of rotatable bonds is 5. The summed E-state index contributed by atoms with van der Waals surface area (Å²) in [6.45, 7) is 4.84. The predicted molar refractivity (Wildman–Crippen MR) is 81.7 cm³/mol. The van der Waals surface area contributed by atoms with Crippen molar-refractivity contribution >= 4 is 33.0 Å². The van der Waals surface area contributed by atoms with Crippen molar-refractivity contribution in [1.82, 2.24) is 0 Å². The molecule has 18 heavy (non-hydrogen) atoms. The van der Waals surface area contributed by atoms with Crippen molar-refractivity contribution in [3.05, 3.63) is 45.1 Å². The van der Waals surface area contributed by atoms with E-state index in [2.05, 4.69) is 45.7 Å².